The van der Waals surface area contributed by atoms with Crippen molar-refractivity contribution < 1.29 is 28.5 Å². The molecule has 0 radical (unpaired) electrons. The van der Waals surface area contributed by atoms with Gasteiger partial charge in [-0.2, -0.15) is 0 Å². The summed E-state index contributed by atoms with van der Waals surface area (Å²) in [6, 6.07) is 9.30. The van der Waals surface area contributed by atoms with Crippen LogP contribution in [-0.4, -0.2) is 40.0 Å². The van der Waals surface area contributed by atoms with Crippen molar-refractivity contribution in [2.75, 3.05) is 28.4 Å². The second-order valence-electron chi connectivity index (χ2n) is 4.80. The average Bonchev–Trinajstić information content (AvgIpc) is 2.65. The number of rotatable bonds is 7. The Labute approximate surface area is 139 Å². The fraction of sp³-hybridized carbons (Fsp3) is 0.222. The van der Waals surface area contributed by atoms with Crippen molar-refractivity contribution in [1.29, 1.82) is 0 Å². The number of benzene rings is 2. The van der Waals surface area contributed by atoms with E-state index in [0.29, 0.717) is 23.0 Å². The molecular formula is C18H18O6. The maximum Gasteiger partial charge on any atom is 0.233 e. The number of hydrogen-bond donors (Lipinski definition) is 0. The number of hydrogen-bond acceptors (Lipinski definition) is 6. The Bertz CT molecular complexity index is 741. The minimum absolute atomic E-state index is 0.150. The molecule has 0 saturated heterocycles. The number of ether oxygens (including phenoxy) is 4. The summed E-state index contributed by atoms with van der Waals surface area (Å²) in [6.07, 6.45) is 0. The van der Waals surface area contributed by atoms with Crippen molar-refractivity contribution in [2.45, 2.75) is 0 Å². The number of ketones is 2. The van der Waals surface area contributed by atoms with Gasteiger partial charge in [0.05, 0.1) is 28.4 Å². The van der Waals surface area contributed by atoms with E-state index in [9.17, 15) is 9.59 Å². The van der Waals surface area contributed by atoms with E-state index in [4.69, 9.17) is 18.9 Å². The average molecular weight is 330 g/mol. The van der Waals surface area contributed by atoms with Crippen LogP contribution in [0.3, 0.4) is 0 Å². The van der Waals surface area contributed by atoms with Crippen molar-refractivity contribution in [3.8, 4) is 23.0 Å². The summed E-state index contributed by atoms with van der Waals surface area (Å²) in [6.45, 7) is 0. The highest BCUT2D eigenvalue weighted by Gasteiger charge is 2.23. The van der Waals surface area contributed by atoms with Gasteiger partial charge in [-0.15, -0.1) is 0 Å². The molecule has 0 fully saturated rings. The Morgan fingerprint density at radius 2 is 1.29 bits per heavy atom. The second kappa shape index (κ2) is 7.50. The number of carbonyl (C=O) groups is 2. The molecular weight excluding hydrogens is 312 g/mol. The lowest BCUT2D eigenvalue weighted by atomic mass is 10.0. The summed E-state index contributed by atoms with van der Waals surface area (Å²) >= 11 is 0. The molecule has 0 spiro atoms. The maximum absolute atomic E-state index is 12.5. The van der Waals surface area contributed by atoms with Crippen LogP contribution < -0.4 is 18.9 Å². The fourth-order valence-corrected chi connectivity index (χ4v) is 2.24. The second-order valence-corrected chi connectivity index (χ2v) is 4.80. The van der Waals surface area contributed by atoms with Crippen LogP contribution in [0.2, 0.25) is 0 Å². The van der Waals surface area contributed by atoms with E-state index < -0.39 is 11.6 Å². The first kappa shape index (κ1) is 17.3. The highest BCUT2D eigenvalue weighted by molar-refractivity contribution is 6.49. The van der Waals surface area contributed by atoms with Gasteiger partial charge < -0.3 is 18.9 Å². The highest BCUT2D eigenvalue weighted by atomic mass is 16.5. The molecule has 0 heterocycles. The van der Waals surface area contributed by atoms with Crippen LogP contribution in [-0.2, 0) is 0 Å². The molecule has 0 saturated carbocycles. The summed E-state index contributed by atoms with van der Waals surface area (Å²) in [5.74, 6) is 0.131. The van der Waals surface area contributed by atoms with Crippen molar-refractivity contribution in [1.82, 2.24) is 0 Å². The van der Waals surface area contributed by atoms with E-state index in [1.54, 1.807) is 18.2 Å². The monoisotopic (exact) mass is 330 g/mol. The van der Waals surface area contributed by atoms with Gasteiger partial charge in [0.1, 0.15) is 5.75 Å². The van der Waals surface area contributed by atoms with Crippen LogP contribution in [0.15, 0.2) is 36.4 Å². The van der Waals surface area contributed by atoms with Gasteiger partial charge in [0, 0.05) is 11.1 Å². The molecule has 0 amide bonds. The van der Waals surface area contributed by atoms with Crippen LogP contribution in [0, 0.1) is 0 Å². The summed E-state index contributed by atoms with van der Waals surface area (Å²) in [7, 11) is 5.83. The van der Waals surface area contributed by atoms with Crippen molar-refractivity contribution in [2.24, 2.45) is 0 Å². The van der Waals surface area contributed by atoms with E-state index >= 15 is 0 Å². The Morgan fingerprint density at radius 3 is 1.79 bits per heavy atom. The minimum atomic E-state index is -0.678. The van der Waals surface area contributed by atoms with Gasteiger partial charge >= 0.3 is 0 Å². The van der Waals surface area contributed by atoms with Crippen LogP contribution in [0.4, 0.5) is 0 Å². The molecule has 0 unspecified atom stereocenters. The largest absolute Gasteiger partial charge is 0.497 e. The molecule has 24 heavy (non-hydrogen) atoms. The lowest BCUT2D eigenvalue weighted by Crippen LogP contribution is -2.15. The Morgan fingerprint density at radius 1 is 0.708 bits per heavy atom. The van der Waals surface area contributed by atoms with Gasteiger partial charge in [-0.25, -0.2) is 0 Å². The van der Waals surface area contributed by atoms with Crippen molar-refractivity contribution >= 4 is 11.6 Å². The third-order valence-corrected chi connectivity index (χ3v) is 3.47. The SMILES string of the molecule is COc1cccc(C(=O)C(=O)c2cc(OC)c(OC)c(OC)c2)c1. The topological polar surface area (TPSA) is 71.1 Å². The molecule has 0 aromatic heterocycles. The molecule has 6 heteroatoms. The molecule has 2 aromatic carbocycles. The molecule has 0 aliphatic rings. The van der Waals surface area contributed by atoms with Crippen LogP contribution in [0.25, 0.3) is 0 Å². The molecule has 2 rings (SSSR count). The molecule has 0 atom stereocenters. The van der Waals surface area contributed by atoms with Gasteiger partial charge in [-0.05, 0) is 24.3 Å². The lowest BCUT2D eigenvalue weighted by molar-refractivity contribution is 0.0816. The Balaban J connectivity index is 2.43. The summed E-state index contributed by atoms with van der Waals surface area (Å²) in [5.41, 5.74) is 0.394. The third kappa shape index (κ3) is 3.32. The van der Waals surface area contributed by atoms with Gasteiger partial charge in [-0.1, -0.05) is 12.1 Å². The predicted octanol–water partition coefficient (Wildman–Crippen LogP) is 2.79. The zero-order valence-corrected chi connectivity index (χ0v) is 13.9. The first-order valence-corrected chi connectivity index (χ1v) is 7.08. The normalized spacial score (nSPS) is 10.0. The maximum atomic E-state index is 12.5. The third-order valence-electron chi connectivity index (χ3n) is 3.47. The first-order valence-electron chi connectivity index (χ1n) is 7.08. The van der Waals surface area contributed by atoms with E-state index in [0.717, 1.165) is 0 Å². The smallest absolute Gasteiger partial charge is 0.233 e. The molecule has 0 bridgehead atoms. The van der Waals surface area contributed by atoms with Gasteiger partial charge in [0.25, 0.3) is 0 Å². The minimum Gasteiger partial charge on any atom is -0.497 e. The standard InChI is InChI=1S/C18H18O6/c1-21-13-7-5-6-11(8-13)16(19)17(20)12-9-14(22-2)18(24-4)15(10-12)23-3/h5-10H,1-4H3. The summed E-state index contributed by atoms with van der Waals surface area (Å²) in [5, 5.41) is 0. The van der Waals surface area contributed by atoms with Crippen LogP contribution in [0.1, 0.15) is 20.7 Å². The first-order chi connectivity index (χ1) is 11.5. The van der Waals surface area contributed by atoms with Gasteiger partial charge in [0.2, 0.25) is 17.3 Å². The van der Waals surface area contributed by atoms with E-state index in [-0.39, 0.29) is 11.1 Å². The highest BCUT2D eigenvalue weighted by Crippen LogP contribution is 2.38. The van der Waals surface area contributed by atoms with E-state index in [2.05, 4.69) is 0 Å². The number of carbonyl (C=O) groups excluding carboxylic acids is 2. The zero-order chi connectivity index (χ0) is 17.7. The predicted molar refractivity (Wildman–Crippen MR) is 87.8 cm³/mol. The molecule has 0 aliphatic heterocycles. The Hall–Kier alpha value is -3.02. The lowest BCUT2D eigenvalue weighted by Gasteiger charge is -2.13. The molecule has 0 N–H and O–H groups in total. The van der Waals surface area contributed by atoms with Gasteiger partial charge in [0.15, 0.2) is 11.5 Å². The molecule has 0 aliphatic carbocycles. The van der Waals surface area contributed by atoms with Crippen molar-refractivity contribution in [3.05, 3.63) is 47.5 Å². The fourth-order valence-electron chi connectivity index (χ4n) is 2.24. The molecule has 2 aromatic rings. The molecule has 6 nitrogen and oxygen atoms in total. The quantitative estimate of drug-likeness (QED) is 0.574. The van der Waals surface area contributed by atoms with Crippen molar-refractivity contribution in [3.63, 3.8) is 0 Å². The van der Waals surface area contributed by atoms with Crippen LogP contribution in [0.5, 0.6) is 23.0 Å². The zero-order valence-electron chi connectivity index (χ0n) is 13.9. The molecule has 126 valence electrons. The van der Waals surface area contributed by atoms with E-state index in [1.807, 2.05) is 0 Å². The Kier molecular flexibility index (Phi) is 5.42. The summed E-state index contributed by atoms with van der Waals surface area (Å²) < 4.78 is 20.7. The van der Waals surface area contributed by atoms with Crippen LogP contribution >= 0.6 is 0 Å². The van der Waals surface area contributed by atoms with Gasteiger partial charge in [-0.3, -0.25) is 9.59 Å². The van der Waals surface area contributed by atoms with E-state index in [1.165, 1.54) is 46.6 Å². The number of methoxy groups -OCH3 is 4. The summed E-state index contributed by atoms with van der Waals surface area (Å²) in [4.78, 5) is 25.0. The number of Topliss-reactive ketones (excluding diaryl/α,β-unsaturated/α-hetero) is 2.